The molecule has 0 saturated carbocycles. The molecule has 0 radical (unpaired) electrons. The number of carbonyl (C=O) groups is 2. The minimum absolute atomic E-state index is 0.0738. The molecule has 4 rings (SSSR count). The van der Waals surface area contributed by atoms with Crippen LogP contribution in [0.5, 0.6) is 0 Å². The number of primary amides is 1. The molecule has 0 aliphatic carbocycles. The van der Waals surface area contributed by atoms with E-state index in [1.165, 1.54) is 13.1 Å². The maximum atomic E-state index is 11.9. The molecular formula is C19H15Cl2N11O2. The van der Waals surface area contributed by atoms with E-state index >= 15 is 0 Å². The molecule has 0 bridgehead atoms. The number of benzene rings is 1. The molecule has 0 saturated heterocycles. The summed E-state index contributed by atoms with van der Waals surface area (Å²) >= 11 is 12.4. The van der Waals surface area contributed by atoms with E-state index in [0.29, 0.717) is 22.9 Å². The van der Waals surface area contributed by atoms with Gasteiger partial charge in [-0.05, 0) is 31.2 Å². The van der Waals surface area contributed by atoms with Gasteiger partial charge in [0.05, 0.1) is 27.6 Å². The average molecular weight is 500 g/mol. The van der Waals surface area contributed by atoms with Crippen LogP contribution in [0.3, 0.4) is 0 Å². The van der Waals surface area contributed by atoms with Gasteiger partial charge in [0.1, 0.15) is 11.4 Å². The zero-order valence-corrected chi connectivity index (χ0v) is 18.8. The monoisotopic (exact) mass is 499 g/mol. The van der Waals surface area contributed by atoms with Crippen LogP contribution < -0.4 is 16.4 Å². The molecule has 1 aromatic carbocycles. The molecule has 13 nitrogen and oxygen atoms in total. The number of hydrogen-bond acceptors (Lipinski definition) is 9. The summed E-state index contributed by atoms with van der Waals surface area (Å²) in [5.74, 6) is -0.965. The zero-order valence-electron chi connectivity index (χ0n) is 17.3. The Morgan fingerprint density at radius 2 is 1.85 bits per heavy atom. The third kappa shape index (κ3) is 4.69. The van der Waals surface area contributed by atoms with Crippen molar-refractivity contribution < 1.29 is 9.59 Å². The minimum atomic E-state index is -0.807. The molecule has 34 heavy (non-hydrogen) atoms. The van der Waals surface area contributed by atoms with Crippen molar-refractivity contribution >= 4 is 58.2 Å². The lowest BCUT2D eigenvalue weighted by molar-refractivity contribution is -0.110. The largest absolute Gasteiger partial charge is 0.364 e. The number of aromatic nitrogens is 7. The summed E-state index contributed by atoms with van der Waals surface area (Å²) in [5.41, 5.74) is 6.34. The fraction of sp³-hybridized carbons (Fsp3) is 0.0526. The van der Waals surface area contributed by atoms with E-state index in [1.807, 2.05) is 0 Å². The number of carbonyl (C=O) groups excluding carboxylic acids is 2. The molecule has 0 aliphatic rings. The van der Waals surface area contributed by atoms with Gasteiger partial charge in [-0.15, -0.1) is 25.2 Å². The second-order valence-electron chi connectivity index (χ2n) is 6.78. The van der Waals surface area contributed by atoms with E-state index in [4.69, 9.17) is 34.3 Å². The Hall–Kier alpha value is -4.36. The van der Waals surface area contributed by atoms with Gasteiger partial charge in [0.25, 0.3) is 11.8 Å². The van der Waals surface area contributed by atoms with Gasteiger partial charge in [-0.3, -0.25) is 25.3 Å². The fourth-order valence-corrected chi connectivity index (χ4v) is 3.26. The highest BCUT2D eigenvalue weighted by atomic mass is 35.5. The van der Waals surface area contributed by atoms with Gasteiger partial charge < -0.3 is 16.0 Å². The number of nitrogens with one attached hydrogen (secondary N) is 4. The van der Waals surface area contributed by atoms with Crippen molar-refractivity contribution in [3.05, 3.63) is 52.3 Å². The first-order valence-electron chi connectivity index (χ1n) is 9.47. The van der Waals surface area contributed by atoms with Crippen LogP contribution in [0.2, 0.25) is 10.0 Å². The number of amides is 2. The van der Waals surface area contributed by atoms with Crippen molar-refractivity contribution in [2.24, 2.45) is 5.73 Å². The predicted molar refractivity (Wildman–Crippen MR) is 125 cm³/mol. The summed E-state index contributed by atoms with van der Waals surface area (Å²) < 4.78 is 0. The number of hydrogen-bond donors (Lipinski definition) is 5. The lowest BCUT2D eigenvalue weighted by Gasteiger charge is -2.05. The van der Waals surface area contributed by atoms with Gasteiger partial charge in [0, 0.05) is 0 Å². The highest BCUT2D eigenvalue weighted by molar-refractivity contribution is 6.40. The maximum absolute atomic E-state index is 11.9. The molecule has 2 amide bonds. The Kier molecular flexibility index (Phi) is 6.21. The van der Waals surface area contributed by atoms with E-state index in [0.717, 1.165) is 4.80 Å². The van der Waals surface area contributed by atoms with Crippen molar-refractivity contribution in [2.75, 3.05) is 10.6 Å². The van der Waals surface area contributed by atoms with Crippen molar-refractivity contribution in [2.45, 2.75) is 6.92 Å². The maximum Gasteiger partial charge on any atom is 0.273 e. The van der Waals surface area contributed by atoms with E-state index in [-0.39, 0.29) is 33.2 Å². The van der Waals surface area contributed by atoms with Crippen molar-refractivity contribution in [3.8, 4) is 17.2 Å². The minimum Gasteiger partial charge on any atom is -0.364 e. The number of para-hydroxylation sites is 1. The van der Waals surface area contributed by atoms with Gasteiger partial charge >= 0.3 is 0 Å². The van der Waals surface area contributed by atoms with Crippen molar-refractivity contribution in [3.63, 3.8) is 0 Å². The molecule has 3 aromatic heterocycles. The van der Waals surface area contributed by atoms with Gasteiger partial charge in [0.2, 0.25) is 5.95 Å². The van der Waals surface area contributed by atoms with Crippen LogP contribution in [-0.2, 0) is 4.79 Å². The van der Waals surface area contributed by atoms with Gasteiger partial charge in [0.15, 0.2) is 17.3 Å². The number of halogens is 2. The number of rotatable bonds is 7. The summed E-state index contributed by atoms with van der Waals surface area (Å²) in [7, 11) is 0. The van der Waals surface area contributed by atoms with Crippen LogP contribution in [-0.4, -0.2) is 52.7 Å². The Balaban J connectivity index is 1.57. The number of nitrogens with zero attached hydrogens (tertiary/aromatic N) is 6. The molecule has 3 heterocycles. The van der Waals surface area contributed by atoms with E-state index < -0.39 is 11.8 Å². The lowest BCUT2D eigenvalue weighted by Crippen LogP contribution is -2.19. The standard InChI is InChI=1S/C19H15Cl2N11O2/c1-8(22)18(34)27-19-26-16(28-29-19)12-6-5-9(7-24-12)25-17-13(15(23)33)30-32(31-17)14-10(20)3-2-4-11(14)21/h2-7,22H,1H3,(H2,23,33)(H,25,31)(H2,26,27,28,29,34). The molecule has 0 unspecified atom stereocenters. The molecule has 0 aliphatic heterocycles. The van der Waals surface area contributed by atoms with Crippen LogP contribution in [0.25, 0.3) is 17.2 Å². The fourth-order valence-electron chi connectivity index (χ4n) is 2.72. The summed E-state index contributed by atoms with van der Waals surface area (Å²) in [6.45, 7) is 1.35. The zero-order chi connectivity index (χ0) is 24.4. The number of anilines is 3. The van der Waals surface area contributed by atoms with Crippen LogP contribution in [0.4, 0.5) is 17.5 Å². The third-order valence-electron chi connectivity index (χ3n) is 4.31. The topological polar surface area (TPSA) is 193 Å². The number of nitrogens with two attached hydrogens (primary N) is 1. The molecule has 172 valence electrons. The molecule has 15 heteroatoms. The quantitative estimate of drug-likeness (QED) is 0.239. The summed E-state index contributed by atoms with van der Waals surface area (Å²) in [5, 5.41) is 29.3. The second kappa shape index (κ2) is 9.25. The molecule has 4 aromatic rings. The van der Waals surface area contributed by atoms with Gasteiger partial charge in [-0.1, -0.05) is 29.3 Å². The summed E-state index contributed by atoms with van der Waals surface area (Å²) in [4.78, 5) is 31.7. The first-order valence-corrected chi connectivity index (χ1v) is 10.2. The SMILES string of the molecule is CC(=N)C(=O)Nc1nnc(-c2ccc(Nc3nn(-c4c(Cl)cccc4Cl)nc3C(N)=O)cn2)[nH]1. The Morgan fingerprint density at radius 3 is 2.47 bits per heavy atom. The van der Waals surface area contributed by atoms with Crippen molar-refractivity contribution in [1.82, 2.24) is 35.2 Å². The van der Waals surface area contributed by atoms with E-state index in [1.54, 1.807) is 30.3 Å². The van der Waals surface area contributed by atoms with Crippen LogP contribution in [0.15, 0.2) is 36.5 Å². The second-order valence-corrected chi connectivity index (χ2v) is 7.59. The Labute approximate surface area is 201 Å². The highest BCUT2D eigenvalue weighted by Crippen LogP contribution is 2.29. The number of aromatic amines is 1. The molecule has 6 N–H and O–H groups in total. The Bertz CT molecular complexity index is 1390. The molecular weight excluding hydrogens is 485 g/mol. The summed E-state index contributed by atoms with van der Waals surface area (Å²) in [6.07, 6.45) is 1.46. The predicted octanol–water partition coefficient (Wildman–Crippen LogP) is 2.57. The van der Waals surface area contributed by atoms with Gasteiger partial charge in [-0.2, -0.15) is 0 Å². The normalized spacial score (nSPS) is 10.7. The smallest absolute Gasteiger partial charge is 0.273 e. The van der Waals surface area contributed by atoms with Crippen LogP contribution >= 0.6 is 23.2 Å². The molecule has 0 spiro atoms. The highest BCUT2D eigenvalue weighted by Gasteiger charge is 2.20. The van der Waals surface area contributed by atoms with Crippen molar-refractivity contribution in [1.29, 1.82) is 5.41 Å². The number of H-pyrrole nitrogens is 1. The van der Waals surface area contributed by atoms with E-state index in [9.17, 15) is 9.59 Å². The molecule has 0 atom stereocenters. The van der Waals surface area contributed by atoms with Crippen LogP contribution in [0, 0.1) is 5.41 Å². The molecule has 0 fully saturated rings. The lowest BCUT2D eigenvalue weighted by atomic mass is 10.3. The van der Waals surface area contributed by atoms with Crippen LogP contribution in [0.1, 0.15) is 17.4 Å². The third-order valence-corrected chi connectivity index (χ3v) is 4.92. The summed E-state index contributed by atoms with van der Waals surface area (Å²) in [6, 6.07) is 8.16. The average Bonchev–Trinajstić information content (AvgIpc) is 3.41. The first kappa shape index (κ1) is 22.8. The van der Waals surface area contributed by atoms with Gasteiger partial charge in [-0.25, -0.2) is 0 Å². The van der Waals surface area contributed by atoms with E-state index in [2.05, 4.69) is 41.0 Å². The Morgan fingerprint density at radius 1 is 1.12 bits per heavy atom. The first-order chi connectivity index (χ1) is 16.2. The number of pyridine rings is 1.